The molecule has 2 fully saturated rings. The number of hydrogen-bond donors (Lipinski definition) is 0. The Morgan fingerprint density at radius 2 is 1.72 bits per heavy atom. The van der Waals surface area contributed by atoms with Crippen LogP contribution in [-0.4, -0.2) is 56.9 Å². The van der Waals surface area contributed by atoms with Gasteiger partial charge in [0.05, 0.1) is 18.6 Å². The minimum atomic E-state index is -0.423. The molecule has 2 saturated heterocycles. The molecule has 0 aromatic carbocycles. The van der Waals surface area contributed by atoms with Crippen molar-refractivity contribution < 1.29 is 9.18 Å². The summed E-state index contributed by atoms with van der Waals surface area (Å²) in [6.45, 7) is 3.15. The Labute approximate surface area is 144 Å². The quantitative estimate of drug-likeness (QED) is 0.824. The summed E-state index contributed by atoms with van der Waals surface area (Å²) in [5.74, 6) is 0.101. The highest BCUT2D eigenvalue weighted by atomic mass is 19.1. The minimum Gasteiger partial charge on any atom is -0.340 e. The van der Waals surface area contributed by atoms with Crippen LogP contribution in [0.2, 0.25) is 0 Å². The van der Waals surface area contributed by atoms with Crippen LogP contribution in [0.1, 0.15) is 29.8 Å². The lowest BCUT2D eigenvalue weighted by molar-refractivity contribution is 0.0604. The Bertz CT molecular complexity index is 745. The smallest absolute Gasteiger partial charge is 0.274 e. The van der Waals surface area contributed by atoms with Crippen molar-refractivity contribution in [3.8, 4) is 0 Å². The molecule has 8 heteroatoms. The van der Waals surface area contributed by atoms with Gasteiger partial charge >= 0.3 is 0 Å². The fraction of sp³-hybridized carbons (Fsp3) is 0.471. The van der Waals surface area contributed by atoms with Gasteiger partial charge in [0, 0.05) is 38.6 Å². The van der Waals surface area contributed by atoms with E-state index in [1.165, 1.54) is 24.8 Å². The molecule has 4 heterocycles. The summed E-state index contributed by atoms with van der Waals surface area (Å²) in [5, 5.41) is 0. The molecular weight excluding hydrogens is 323 g/mol. The van der Waals surface area contributed by atoms with Crippen molar-refractivity contribution in [1.29, 1.82) is 0 Å². The number of amides is 1. The topological polar surface area (TPSA) is 75.1 Å². The van der Waals surface area contributed by atoms with E-state index in [1.807, 2.05) is 4.90 Å². The normalized spacial score (nSPS) is 19.4. The SMILES string of the molecule is O=C(c1cnccn1)N1CCC2(CC1)CCN(c1ncc(F)cn1)C2. The Hall–Kier alpha value is -2.64. The van der Waals surface area contributed by atoms with Crippen LogP contribution in [0, 0.1) is 11.2 Å². The maximum atomic E-state index is 13.0. The summed E-state index contributed by atoms with van der Waals surface area (Å²) < 4.78 is 13.0. The van der Waals surface area contributed by atoms with Crippen molar-refractivity contribution in [3.05, 3.63) is 42.5 Å². The number of rotatable bonds is 2. The summed E-state index contributed by atoms with van der Waals surface area (Å²) in [7, 11) is 0. The van der Waals surface area contributed by atoms with E-state index in [0.29, 0.717) is 24.7 Å². The van der Waals surface area contributed by atoms with Gasteiger partial charge < -0.3 is 9.80 Å². The number of likely N-dealkylation sites (tertiary alicyclic amines) is 1. The maximum Gasteiger partial charge on any atom is 0.274 e. The maximum absolute atomic E-state index is 13.0. The molecule has 0 unspecified atom stereocenters. The molecule has 0 atom stereocenters. The van der Waals surface area contributed by atoms with Crippen LogP contribution >= 0.6 is 0 Å². The summed E-state index contributed by atoms with van der Waals surface area (Å²) in [4.78, 5) is 32.7. The first-order valence-electron chi connectivity index (χ1n) is 8.43. The lowest BCUT2D eigenvalue weighted by Gasteiger charge is -2.39. The summed E-state index contributed by atoms with van der Waals surface area (Å²) in [6, 6.07) is 0. The van der Waals surface area contributed by atoms with Crippen molar-refractivity contribution in [2.75, 3.05) is 31.1 Å². The van der Waals surface area contributed by atoms with Gasteiger partial charge in [-0.15, -0.1) is 0 Å². The van der Waals surface area contributed by atoms with E-state index in [4.69, 9.17) is 0 Å². The van der Waals surface area contributed by atoms with E-state index >= 15 is 0 Å². The predicted molar refractivity (Wildman–Crippen MR) is 88.4 cm³/mol. The molecular formula is C17H19FN6O. The Morgan fingerprint density at radius 1 is 1.00 bits per heavy atom. The molecule has 1 spiro atoms. The van der Waals surface area contributed by atoms with Crippen LogP contribution in [0.5, 0.6) is 0 Å². The molecule has 2 aromatic heterocycles. The van der Waals surface area contributed by atoms with Crippen LogP contribution in [0.3, 0.4) is 0 Å². The number of piperidine rings is 1. The molecule has 0 saturated carbocycles. The molecule has 2 aliphatic heterocycles. The third-order valence-corrected chi connectivity index (χ3v) is 5.22. The molecule has 0 radical (unpaired) electrons. The molecule has 2 aromatic rings. The van der Waals surface area contributed by atoms with Crippen LogP contribution < -0.4 is 4.90 Å². The van der Waals surface area contributed by atoms with Gasteiger partial charge in [-0.05, 0) is 24.7 Å². The standard InChI is InChI=1S/C17H19FN6O/c18-13-9-21-16(22-10-13)24-8-3-17(12-24)1-6-23(7-2-17)15(25)14-11-19-4-5-20-14/h4-5,9-11H,1-3,6-8,12H2. The number of aromatic nitrogens is 4. The first-order valence-corrected chi connectivity index (χ1v) is 8.43. The number of hydrogen-bond acceptors (Lipinski definition) is 6. The molecule has 0 N–H and O–H groups in total. The van der Waals surface area contributed by atoms with Gasteiger partial charge in [0.1, 0.15) is 5.69 Å². The number of carbonyl (C=O) groups is 1. The van der Waals surface area contributed by atoms with E-state index in [1.54, 1.807) is 6.20 Å². The summed E-state index contributed by atoms with van der Waals surface area (Å²) in [5.41, 5.74) is 0.572. The zero-order chi connectivity index (χ0) is 17.3. The average Bonchev–Trinajstić information content (AvgIpc) is 3.07. The van der Waals surface area contributed by atoms with Crippen LogP contribution in [0.25, 0.3) is 0 Å². The summed E-state index contributed by atoms with van der Waals surface area (Å²) in [6.07, 6.45) is 9.94. The van der Waals surface area contributed by atoms with Crippen molar-refractivity contribution in [3.63, 3.8) is 0 Å². The van der Waals surface area contributed by atoms with Crippen LogP contribution in [0.15, 0.2) is 31.0 Å². The zero-order valence-corrected chi connectivity index (χ0v) is 13.8. The van der Waals surface area contributed by atoms with Gasteiger partial charge in [0.2, 0.25) is 5.95 Å². The number of carbonyl (C=O) groups excluding carboxylic acids is 1. The zero-order valence-electron chi connectivity index (χ0n) is 13.8. The minimum absolute atomic E-state index is 0.0559. The first-order chi connectivity index (χ1) is 12.2. The van der Waals surface area contributed by atoms with Crippen LogP contribution in [-0.2, 0) is 0 Å². The molecule has 1 amide bonds. The van der Waals surface area contributed by atoms with Gasteiger partial charge in [-0.2, -0.15) is 0 Å². The van der Waals surface area contributed by atoms with Gasteiger partial charge in [-0.3, -0.25) is 9.78 Å². The van der Waals surface area contributed by atoms with Gasteiger partial charge in [-0.1, -0.05) is 0 Å². The van der Waals surface area contributed by atoms with Gasteiger partial charge in [-0.25, -0.2) is 19.3 Å². The average molecular weight is 342 g/mol. The molecule has 2 aliphatic rings. The van der Waals surface area contributed by atoms with E-state index < -0.39 is 5.82 Å². The fourth-order valence-electron chi connectivity index (χ4n) is 3.74. The first kappa shape index (κ1) is 15.9. The lowest BCUT2D eigenvalue weighted by atomic mass is 9.77. The predicted octanol–water partition coefficient (Wildman–Crippen LogP) is 1.54. The highest BCUT2D eigenvalue weighted by Crippen LogP contribution is 2.41. The largest absolute Gasteiger partial charge is 0.340 e. The van der Waals surface area contributed by atoms with E-state index in [-0.39, 0.29) is 11.3 Å². The van der Waals surface area contributed by atoms with Crippen LogP contribution in [0.4, 0.5) is 10.3 Å². The highest BCUT2D eigenvalue weighted by Gasteiger charge is 2.42. The highest BCUT2D eigenvalue weighted by molar-refractivity contribution is 5.92. The third-order valence-electron chi connectivity index (χ3n) is 5.22. The molecule has 0 aliphatic carbocycles. The number of anilines is 1. The summed E-state index contributed by atoms with van der Waals surface area (Å²) >= 11 is 0. The number of halogens is 1. The second kappa shape index (κ2) is 6.34. The molecule has 7 nitrogen and oxygen atoms in total. The molecule has 0 bridgehead atoms. The second-order valence-corrected chi connectivity index (χ2v) is 6.76. The van der Waals surface area contributed by atoms with Crippen molar-refractivity contribution in [1.82, 2.24) is 24.8 Å². The fourth-order valence-corrected chi connectivity index (χ4v) is 3.74. The molecule has 130 valence electrons. The molecule has 4 rings (SSSR count). The van der Waals surface area contributed by atoms with E-state index in [0.717, 1.165) is 32.4 Å². The van der Waals surface area contributed by atoms with Crippen molar-refractivity contribution >= 4 is 11.9 Å². The number of nitrogens with zero attached hydrogens (tertiary/aromatic N) is 6. The third kappa shape index (κ3) is 3.16. The second-order valence-electron chi connectivity index (χ2n) is 6.76. The van der Waals surface area contributed by atoms with Crippen molar-refractivity contribution in [2.24, 2.45) is 5.41 Å². The molecule has 25 heavy (non-hydrogen) atoms. The van der Waals surface area contributed by atoms with Crippen molar-refractivity contribution in [2.45, 2.75) is 19.3 Å². The lowest BCUT2D eigenvalue weighted by Crippen LogP contribution is -2.44. The van der Waals surface area contributed by atoms with E-state index in [2.05, 4.69) is 24.8 Å². The Morgan fingerprint density at radius 3 is 2.40 bits per heavy atom. The Balaban J connectivity index is 1.38. The monoisotopic (exact) mass is 342 g/mol. The van der Waals surface area contributed by atoms with E-state index in [9.17, 15) is 9.18 Å². The Kier molecular flexibility index (Phi) is 4.03. The van der Waals surface area contributed by atoms with Gasteiger partial charge in [0.15, 0.2) is 5.82 Å². The van der Waals surface area contributed by atoms with Gasteiger partial charge in [0.25, 0.3) is 5.91 Å².